The van der Waals surface area contributed by atoms with Gasteiger partial charge in [0.1, 0.15) is 5.75 Å². The van der Waals surface area contributed by atoms with Crippen LogP contribution in [0.3, 0.4) is 0 Å². The van der Waals surface area contributed by atoms with Gasteiger partial charge >= 0.3 is 0 Å². The van der Waals surface area contributed by atoms with Crippen molar-refractivity contribution in [1.29, 1.82) is 0 Å². The Bertz CT molecular complexity index is 966. The number of hydrogen-bond donors (Lipinski definition) is 2. The van der Waals surface area contributed by atoms with Crippen LogP contribution in [0.25, 0.3) is 22.5 Å². The Morgan fingerprint density at radius 2 is 1.58 bits per heavy atom. The monoisotopic (exact) mass is 437 g/mol. The van der Waals surface area contributed by atoms with Gasteiger partial charge in [0.25, 0.3) is 0 Å². The Kier molecular flexibility index (Phi) is 8.87. The predicted molar refractivity (Wildman–Crippen MR) is 123 cm³/mol. The molecular weight excluding hydrogens is 410 g/mol. The molecule has 0 aliphatic heterocycles. The van der Waals surface area contributed by atoms with E-state index in [1.54, 1.807) is 24.4 Å². The summed E-state index contributed by atoms with van der Waals surface area (Å²) in [6.45, 7) is 0. The molecule has 162 valence electrons. The summed E-state index contributed by atoms with van der Waals surface area (Å²) in [4.78, 5) is 20.6. The molecule has 31 heavy (non-hydrogen) atoms. The minimum absolute atomic E-state index is 0.327. The maximum Gasteiger partial charge on any atom is 0.243 e. The van der Waals surface area contributed by atoms with Crippen molar-refractivity contribution in [2.24, 2.45) is 0 Å². The summed E-state index contributed by atoms with van der Waals surface area (Å²) in [7, 11) is 1.66. The van der Waals surface area contributed by atoms with Gasteiger partial charge in [-0.3, -0.25) is 10.0 Å². The smallest absolute Gasteiger partial charge is 0.243 e. The molecule has 0 aliphatic rings. The van der Waals surface area contributed by atoms with Crippen LogP contribution in [0.5, 0.6) is 5.75 Å². The van der Waals surface area contributed by atoms with Gasteiger partial charge in [0, 0.05) is 23.3 Å². The standard InChI is InChI=1S/C24H27N3O3S/c1-30-20-14-12-19(13-15-20)22-17-21(18-9-5-4-6-10-18)25-24(26-22)31-16-8-3-2-7-11-23(28)27-29/h4-6,9-10,12-15,17,29H,2-3,7-8,11,16H2,1H3,(H,27,28). The second kappa shape index (κ2) is 12.1. The second-order valence-electron chi connectivity index (χ2n) is 7.06. The number of rotatable bonds is 11. The number of nitrogens with zero attached hydrogens (tertiary/aromatic N) is 2. The third-order valence-electron chi connectivity index (χ3n) is 4.82. The van der Waals surface area contributed by atoms with E-state index in [1.165, 1.54) is 0 Å². The molecule has 1 aromatic heterocycles. The van der Waals surface area contributed by atoms with Crippen LogP contribution in [0.4, 0.5) is 0 Å². The highest BCUT2D eigenvalue weighted by Gasteiger charge is 2.09. The molecule has 2 aromatic carbocycles. The Hall–Kier alpha value is -2.90. The Balaban J connectivity index is 1.68. The maximum absolute atomic E-state index is 11.0. The summed E-state index contributed by atoms with van der Waals surface area (Å²) < 4.78 is 5.26. The maximum atomic E-state index is 11.0. The third kappa shape index (κ3) is 7.08. The lowest BCUT2D eigenvalue weighted by molar-refractivity contribution is -0.129. The Morgan fingerprint density at radius 1 is 0.935 bits per heavy atom. The first-order chi connectivity index (χ1) is 15.2. The molecule has 0 saturated carbocycles. The lowest BCUT2D eigenvalue weighted by Gasteiger charge is -2.09. The molecule has 0 spiro atoms. The molecule has 1 amide bonds. The van der Waals surface area contributed by atoms with Crippen LogP contribution in [0, 0.1) is 0 Å². The van der Waals surface area contributed by atoms with Crippen molar-refractivity contribution < 1.29 is 14.7 Å². The fourth-order valence-electron chi connectivity index (χ4n) is 3.12. The van der Waals surface area contributed by atoms with Crippen molar-refractivity contribution >= 4 is 17.7 Å². The molecule has 0 saturated heterocycles. The third-order valence-corrected chi connectivity index (χ3v) is 5.75. The van der Waals surface area contributed by atoms with E-state index >= 15 is 0 Å². The number of nitrogens with one attached hydrogen (secondary N) is 1. The van der Waals surface area contributed by atoms with Crippen molar-refractivity contribution in [2.45, 2.75) is 37.3 Å². The average molecular weight is 438 g/mol. The number of benzene rings is 2. The molecule has 0 atom stereocenters. The second-order valence-corrected chi connectivity index (χ2v) is 8.13. The predicted octanol–water partition coefficient (Wildman–Crippen LogP) is 5.37. The van der Waals surface area contributed by atoms with Gasteiger partial charge in [-0.1, -0.05) is 54.9 Å². The topological polar surface area (TPSA) is 84.3 Å². The van der Waals surface area contributed by atoms with Gasteiger partial charge in [-0.15, -0.1) is 0 Å². The number of methoxy groups -OCH3 is 1. The number of thioether (sulfide) groups is 1. The minimum atomic E-state index is -0.327. The van der Waals surface area contributed by atoms with Crippen molar-refractivity contribution in [2.75, 3.05) is 12.9 Å². The molecule has 0 unspecified atom stereocenters. The first-order valence-corrected chi connectivity index (χ1v) is 11.3. The zero-order chi connectivity index (χ0) is 21.9. The van der Waals surface area contributed by atoms with Gasteiger partial charge in [-0.25, -0.2) is 15.4 Å². The van der Waals surface area contributed by atoms with E-state index in [4.69, 9.17) is 19.9 Å². The fraction of sp³-hybridized carbons (Fsp3) is 0.292. The van der Waals surface area contributed by atoms with Crippen LogP contribution in [0.1, 0.15) is 32.1 Å². The number of aromatic nitrogens is 2. The molecule has 1 heterocycles. The Labute approximate surface area is 187 Å². The van der Waals surface area contributed by atoms with Crippen LogP contribution >= 0.6 is 11.8 Å². The first-order valence-electron chi connectivity index (χ1n) is 10.3. The molecular formula is C24H27N3O3S. The van der Waals surface area contributed by atoms with Crippen LogP contribution in [-0.2, 0) is 4.79 Å². The SMILES string of the molecule is COc1ccc(-c2cc(-c3ccccc3)nc(SCCCCCCC(=O)NO)n2)cc1. The summed E-state index contributed by atoms with van der Waals surface area (Å²) in [5.41, 5.74) is 5.53. The van der Waals surface area contributed by atoms with E-state index in [0.717, 1.165) is 64.9 Å². The van der Waals surface area contributed by atoms with Gasteiger partial charge < -0.3 is 4.74 Å². The zero-order valence-corrected chi connectivity index (χ0v) is 18.4. The summed E-state index contributed by atoms with van der Waals surface area (Å²) in [6, 6.07) is 20.0. The van der Waals surface area contributed by atoms with E-state index in [2.05, 4.69) is 12.1 Å². The lowest BCUT2D eigenvalue weighted by atomic mass is 10.1. The fourth-order valence-corrected chi connectivity index (χ4v) is 3.97. The van der Waals surface area contributed by atoms with Crippen molar-refractivity contribution in [3.05, 3.63) is 60.7 Å². The number of ether oxygens (including phenoxy) is 1. The van der Waals surface area contributed by atoms with E-state index in [0.29, 0.717) is 6.42 Å². The van der Waals surface area contributed by atoms with Gasteiger partial charge in [0.05, 0.1) is 18.5 Å². The highest BCUT2D eigenvalue weighted by atomic mass is 32.2. The molecule has 7 heteroatoms. The van der Waals surface area contributed by atoms with Gasteiger partial charge in [0.2, 0.25) is 5.91 Å². The largest absolute Gasteiger partial charge is 0.497 e. The molecule has 3 aromatic rings. The first kappa shape index (κ1) is 22.8. The summed E-state index contributed by atoms with van der Waals surface area (Å²) in [5, 5.41) is 9.27. The average Bonchev–Trinajstić information content (AvgIpc) is 2.83. The van der Waals surface area contributed by atoms with E-state index < -0.39 is 0 Å². The Morgan fingerprint density at radius 3 is 2.23 bits per heavy atom. The molecule has 0 radical (unpaired) electrons. The summed E-state index contributed by atoms with van der Waals surface area (Å²) in [6.07, 6.45) is 4.13. The number of carbonyl (C=O) groups excluding carboxylic acids is 1. The minimum Gasteiger partial charge on any atom is -0.497 e. The highest BCUT2D eigenvalue weighted by molar-refractivity contribution is 7.99. The quantitative estimate of drug-likeness (QED) is 0.138. The van der Waals surface area contributed by atoms with Crippen molar-refractivity contribution in [3.8, 4) is 28.3 Å². The van der Waals surface area contributed by atoms with Crippen molar-refractivity contribution in [1.82, 2.24) is 15.4 Å². The normalized spacial score (nSPS) is 10.6. The lowest BCUT2D eigenvalue weighted by Crippen LogP contribution is -2.17. The molecule has 0 bridgehead atoms. The summed E-state index contributed by atoms with van der Waals surface area (Å²) in [5.74, 6) is 1.39. The van der Waals surface area contributed by atoms with Crippen LogP contribution < -0.4 is 10.2 Å². The van der Waals surface area contributed by atoms with E-state index in [9.17, 15) is 4.79 Å². The van der Waals surface area contributed by atoms with Crippen LogP contribution in [0.15, 0.2) is 65.8 Å². The van der Waals surface area contributed by atoms with Crippen LogP contribution in [-0.4, -0.2) is 33.9 Å². The highest BCUT2D eigenvalue weighted by Crippen LogP contribution is 2.28. The van der Waals surface area contributed by atoms with Gasteiger partial charge in [-0.05, 0) is 43.2 Å². The van der Waals surface area contributed by atoms with Crippen LogP contribution in [0.2, 0.25) is 0 Å². The molecule has 0 fully saturated rings. The van der Waals surface area contributed by atoms with E-state index in [-0.39, 0.29) is 5.91 Å². The molecule has 2 N–H and O–H groups in total. The number of carbonyl (C=O) groups is 1. The number of amides is 1. The summed E-state index contributed by atoms with van der Waals surface area (Å²) >= 11 is 1.65. The van der Waals surface area contributed by atoms with Gasteiger partial charge in [0.15, 0.2) is 5.16 Å². The number of unbranched alkanes of at least 4 members (excludes halogenated alkanes) is 3. The molecule has 3 rings (SSSR count). The number of hydrogen-bond acceptors (Lipinski definition) is 6. The van der Waals surface area contributed by atoms with Gasteiger partial charge in [-0.2, -0.15) is 0 Å². The zero-order valence-electron chi connectivity index (χ0n) is 17.6. The van der Waals surface area contributed by atoms with Crippen molar-refractivity contribution in [3.63, 3.8) is 0 Å². The molecule has 6 nitrogen and oxygen atoms in total. The van der Waals surface area contributed by atoms with E-state index in [1.807, 2.05) is 48.5 Å². The number of hydroxylamine groups is 1. The molecule has 0 aliphatic carbocycles.